The van der Waals surface area contributed by atoms with Gasteiger partial charge in [0.15, 0.2) is 0 Å². The van der Waals surface area contributed by atoms with Crippen molar-refractivity contribution >= 4 is 10.8 Å². The van der Waals surface area contributed by atoms with E-state index in [4.69, 9.17) is 0 Å². The molecule has 0 atom stereocenters. The van der Waals surface area contributed by atoms with Crippen molar-refractivity contribution in [3.8, 4) is 17.0 Å². The highest BCUT2D eigenvalue weighted by Gasteiger charge is 2.15. The van der Waals surface area contributed by atoms with Crippen molar-refractivity contribution in [2.75, 3.05) is 0 Å². The summed E-state index contributed by atoms with van der Waals surface area (Å²) in [5.41, 5.74) is 0.849. The Kier molecular flexibility index (Phi) is 3.06. The van der Waals surface area contributed by atoms with Crippen molar-refractivity contribution in [1.29, 1.82) is 0 Å². The van der Waals surface area contributed by atoms with Crippen LogP contribution in [0.25, 0.3) is 22.0 Å². The van der Waals surface area contributed by atoms with Crippen LogP contribution in [0.15, 0.2) is 54.7 Å². The van der Waals surface area contributed by atoms with E-state index in [-0.39, 0.29) is 17.0 Å². The molecule has 0 radical (unpaired) electrons. The minimum atomic E-state index is -2.56. The molecule has 0 aliphatic heterocycles. The van der Waals surface area contributed by atoms with Crippen LogP contribution < -0.4 is 0 Å². The second-order valence-corrected chi connectivity index (χ2v) is 4.49. The molecule has 1 N–H and O–H groups in total. The van der Waals surface area contributed by atoms with E-state index >= 15 is 0 Å². The quantitative estimate of drug-likeness (QED) is 0.742. The Morgan fingerprint density at radius 2 is 1.70 bits per heavy atom. The SMILES string of the molecule is Oc1ccc2cc(-c3ncccc3C(F)F)ccc2c1. The fraction of sp³-hybridized carbons (Fsp3) is 0.0625. The number of hydrogen-bond donors (Lipinski definition) is 1. The number of benzene rings is 2. The van der Waals surface area contributed by atoms with E-state index in [1.807, 2.05) is 0 Å². The van der Waals surface area contributed by atoms with Crippen LogP contribution in [0.2, 0.25) is 0 Å². The second kappa shape index (κ2) is 4.89. The molecule has 2 nitrogen and oxygen atoms in total. The summed E-state index contributed by atoms with van der Waals surface area (Å²) in [5.74, 6) is 0.177. The smallest absolute Gasteiger partial charge is 0.265 e. The maximum Gasteiger partial charge on any atom is 0.265 e. The third-order valence-corrected chi connectivity index (χ3v) is 3.17. The van der Waals surface area contributed by atoms with E-state index in [0.717, 1.165) is 10.8 Å². The predicted octanol–water partition coefficient (Wildman–Crippen LogP) is 4.55. The van der Waals surface area contributed by atoms with E-state index in [9.17, 15) is 13.9 Å². The van der Waals surface area contributed by atoms with E-state index in [0.29, 0.717) is 5.56 Å². The Labute approximate surface area is 114 Å². The molecule has 3 aromatic rings. The molecule has 100 valence electrons. The molecule has 1 heterocycles. The van der Waals surface area contributed by atoms with Gasteiger partial charge < -0.3 is 5.11 Å². The summed E-state index contributed by atoms with van der Waals surface area (Å²) in [4.78, 5) is 4.07. The van der Waals surface area contributed by atoms with Gasteiger partial charge in [0.1, 0.15) is 5.75 Å². The highest BCUT2D eigenvalue weighted by Crippen LogP contribution is 2.31. The van der Waals surface area contributed by atoms with Gasteiger partial charge in [0.2, 0.25) is 0 Å². The number of phenols is 1. The number of nitrogens with zero attached hydrogens (tertiary/aromatic N) is 1. The van der Waals surface area contributed by atoms with Crippen molar-refractivity contribution in [3.63, 3.8) is 0 Å². The average molecular weight is 271 g/mol. The summed E-state index contributed by atoms with van der Waals surface area (Å²) in [5, 5.41) is 11.1. The zero-order chi connectivity index (χ0) is 14.1. The summed E-state index contributed by atoms with van der Waals surface area (Å²) in [6.07, 6.45) is -1.06. The average Bonchev–Trinajstić information content (AvgIpc) is 2.46. The normalized spacial score (nSPS) is 11.2. The molecule has 4 heteroatoms. The molecule has 0 saturated heterocycles. The number of aromatic nitrogens is 1. The van der Waals surface area contributed by atoms with Crippen molar-refractivity contribution in [2.24, 2.45) is 0 Å². The van der Waals surface area contributed by atoms with Gasteiger partial charge in [0.05, 0.1) is 5.69 Å². The minimum absolute atomic E-state index is 0.0781. The number of hydrogen-bond acceptors (Lipinski definition) is 2. The molecule has 0 saturated carbocycles. The minimum Gasteiger partial charge on any atom is -0.508 e. The van der Waals surface area contributed by atoms with Crippen LogP contribution in [0, 0.1) is 0 Å². The Morgan fingerprint density at radius 3 is 2.50 bits per heavy atom. The van der Waals surface area contributed by atoms with E-state index in [1.54, 1.807) is 36.4 Å². The van der Waals surface area contributed by atoms with Crippen molar-refractivity contribution in [3.05, 3.63) is 60.3 Å². The number of pyridine rings is 1. The van der Waals surface area contributed by atoms with Crippen molar-refractivity contribution in [2.45, 2.75) is 6.43 Å². The van der Waals surface area contributed by atoms with Gasteiger partial charge in [-0.15, -0.1) is 0 Å². The van der Waals surface area contributed by atoms with Crippen molar-refractivity contribution < 1.29 is 13.9 Å². The first-order valence-corrected chi connectivity index (χ1v) is 6.11. The molecule has 0 bridgehead atoms. The first kappa shape index (κ1) is 12.5. The maximum absolute atomic E-state index is 13.0. The largest absolute Gasteiger partial charge is 0.508 e. The molecule has 1 aromatic heterocycles. The lowest BCUT2D eigenvalue weighted by molar-refractivity contribution is 0.151. The highest BCUT2D eigenvalue weighted by molar-refractivity contribution is 5.88. The first-order valence-electron chi connectivity index (χ1n) is 6.11. The zero-order valence-corrected chi connectivity index (χ0v) is 10.4. The Bertz CT molecular complexity index is 771. The summed E-state index contributed by atoms with van der Waals surface area (Å²) in [6, 6.07) is 13.1. The topological polar surface area (TPSA) is 33.1 Å². The number of aromatic hydroxyl groups is 1. The van der Waals surface area contributed by atoms with Crippen LogP contribution >= 0.6 is 0 Å². The summed E-state index contributed by atoms with van der Waals surface area (Å²) in [7, 11) is 0. The lowest BCUT2D eigenvalue weighted by Crippen LogP contribution is -1.93. The molecular formula is C16H11F2NO. The predicted molar refractivity (Wildman–Crippen MR) is 73.8 cm³/mol. The molecule has 20 heavy (non-hydrogen) atoms. The molecule has 0 unspecified atom stereocenters. The fourth-order valence-electron chi connectivity index (χ4n) is 2.22. The number of rotatable bonds is 2. The van der Waals surface area contributed by atoms with Gasteiger partial charge in [-0.2, -0.15) is 0 Å². The number of alkyl halides is 2. The molecular weight excluding hydrogens is 260 g/mol. The molecule has 0 aliphatic carbocycles. The number of phenolic OH excluding ortho intramolecular Hbond substituents is 1. The van der Waals surface area contributed by atoms with Gasteiger partial charge in [-0.25, -0.2) is 8.78 Å². The fourth-order valence-corrected chi connectivity index (χ4v) is 2.22. The van der Waals surface area contributed by atoms with Gasteiger partial charge >= 0.3 is 0 Å². The molecule has 0 aliphatic rings. The van der Waals surface area contributed by atoms with Gasteiger partial charge in [-0.1, -0.05) is 18.2 Å². The highest BCUT2D eigenvalue weighted by atomic mass is 19.3. The second-order valence-electron chi connectivity index (χ2n) is 4.49. The third-order valence-electron chi connectivity index (χ3n) is 3.17. The van der Waals surface area contributed by atoms with Gasteiger partial charge in [-0.05, 0) is 41.1 Å². The first-order chi connectivity index (χ1) is 9.65. The Hall–Kier alpha value is -2.49. The van der Waals surface area contributed by atoms with Crippen LogP contribution in [0.5, 0.6) is 5.75 Å². The van der Waals surface area contributed by atoms with Crippen LogP contribution in [0.4, 0.5) is 8.78 Å². The van der Waals surface area contributed by atoms with Crippen molar-refractivity contribution in [1.82, 2.24) is 4.98 Å². The van der Waals surface area contributed by atoms with Crippen LogP contribution in [0.1, 0.15) is 12.0 Å². The van der Waals surface area contributed by atoms with Crippen LogP contribution in [-0.2, 0) is 0 Å². The lowest BCUT2D eigenvalue weighted by Gasteiger charge is -2.08. The monoisotopic (exact) mass is 271 g/mol. The maximum atomic E-state index is 13.0. The summed E-state index contributed by atoms with van der Waals surface area (Å²) < 4.78 is 26.0. The molecule has 0 fully saturated rings. The van der Waals surface area contributed by atoms with E-state index in [1.165, 1.54) is 18.3 Å². The Morgan fingerprint density at radius 1 is 0.950 bits per heavy atom. The molecule has 3 rings (SSSR count). The summed E-state index contributed by atoms with van der Waals surface area (Å²) >= 11 is 0. The van der Waals surface area contributed by atoms with Gasteiger partial charge in [0.25, 0.3) is 6.43 Å². The van der Waals surface area contributed by atoms with Crippen LogP contribution in [0.3, 0.4) is 0 Å². The molecule has 0 amide bonds. The van der Waals surface area contributed by atoms with E-state index < -0.39 is 6.43 Å². The zero-order valence-electron chi connectivity index (χ0n) is 10.4. The van der Waals surface area contributed by atoms with Gasteiger partial charge in [0, 0.05) is 17.3 Å². The molecule has 2 aromatic carbocycles. The van der Waals surface area contributed by atoms with E-state index in [2.05, 4.69) is 4.98 Å². The van der Waals surface area contributed by atoms with Gasteiger partial charge in [-0.3, -0.25) is 4.98 Å². The van der Waals surface area contributed by atoms with Crippen LogP contribution in [-0.4, -0.2) is 10.1 Å². The third kappa shape index (κ3) is 2.20. The molecule has 0 spiro atoms. The Balaban J connectivity index is 2.18. The number of fused-ring (bicyclic) bond motifs is 1. The lowest BCUT2D eigenvalue weighted by atomic mass is 10.0. The summed E-state index contributed by atoms with van der Waals surface area (Å²) in [6.45, 7) is 0. The standard InChI is InChI=1S/C16H11F2NO/c17-16(18)14-2-1-7-19-15(14)12-4-3-11-9-13(20)6-5-10(11)8-12/h1-9,16,20H. The number of halogens is 2.